The third-order valence-electron chi connectivity index (χ3n) is 2.93. The van der Waals surface area contributed by atoms with Crippen LogP contribution >= 0.6 is 11.3 Å². The molecule has 1 rings (SSSR count). The first kappa shape index (κ1) is 15.6. The standard InChI is InChI=1S/C14H26N2OS/c1-7-15-8-11-12(9(2)3)16-14(18-11)13(17-6)10(4)5/h9-10,13,15H,7-8H2,1-6H3. The van der Waals surface area contributed by atoms with E-state index in [1.807, 2.05) is 0 Å². The second-order valence-corrected chi connectivity index (χ2v) is 6.31. The Morgan fingerprint density at radius 2 is 1.94 bits per heavy atom. The lowest BCUT2D eigenvalue weighted by Gasteiger charge is -2.16. The third-order valence-corrected chi connectivity index (χ3v) is 4.06. The highest BCUT2D eigenvalue weighted by atomic mass is 32.1. The van der Waals surface area contributed by atoms with Crippen LogP contribution in [0.2, 0.25) is 0 Å². The molecule has 1 unspecified atom stereocenters. The topological polar surface area (TPSA) is 34.1 Å². The van der Waals surface area contributed by atoms with Crippen molar-refractivity contribution in [3.63, 3.8) is 0 Å². The third kappa shape index (κ3) is 3.77. The minimum atomic E-state index is 0.114. The molecule has 0 aliphatic rings. The molecular formula is C14H26N2OS. The van der Waals surface area contributed by atoms with E-state index in [0.29, 0.717) is 11.8 Å². The van der Waals surface area contributed by atoms with Gasteiger partial charge in [-0.3, -0.25) is 0 Å². The fraction of sp³-hybridized carbons (Fsp3) is 0.786. The molecule has 104 valence electrons. The van der Waals surface area contributed by atoms with Gasteiger partial charge in [0.25, 0.3) is 0 Å². The van der Waals surface area contributed by atoms with Crippen LogP contribution < -0.4 is 5.32 Å². The van der Waals surface area contributed by atoms with Crippen molar-refractivity contribution in [2.75, 3.05) is 13.7 Å². The van der Waals surface area contributed by atoms with Crippen molar-refractivity contribution in [1.82, 2.24) is 10.3 Å². The first-order valence-corrected chi connectivity index (χ1v) is 7.55. The highest BCUT2D eigenvalue weighted by Gasteiger charge is 2.22. The first-order valence-electron chi connectivity index (χ1n) is 6.74. The molecule has 18 heavy (non-hydrogen) atoms. The van der Waals surface area contributed by atoms with Crippen LogP contribution in [0.15, 0.2) is 0 Å². The number of aromatic nitrogens is 1. The summed E-state index contributed by atoms with van der Waals surface area (Å²) in [5.41, 5.74) is 1.22. The average molecular weight is 270 g/mol. The number of nitrogens with zero attached hydrogens (tertiary/aromatic N) is 1. The average Bonchev–Trinajstić information content (AvgIpc) is 2.71. The molecule has 0 saturated carbocycles. The van der Waals surface area contributed by atoms with E-state index >= 15 is 0 Å². The molecule has 1 heterocycles. The zero-order valence-corrected chi connectivity index (χ0v) is 13.2. The SMILES string of the molecule is CCNCc1sc(C(OC)C(C)C)nc1C(C)C. The van der Waals surface area contributed by atoms with Crippen molar-refractivity contribution in [2.45, 2.75) is 53.2 Å². The smallest absolute Gasteiger partial charge is 0.122 e. The molecule has 0 spiro atoms. The van der Waals surface area contributed by atoms with Crippen LogP contribution in [0.1, 0.15) is 62.2 Å². The summed E-state index contributed by atoms with van der Waals surface area (Å²) in [6.45, 7) is 12.8. The maximum absolute atomic E-state index is 5.58. The van der Waals surface area contributed by atoms with Gasteiger partial charge in [0.05, 0.1) is 5.69 Å². The first-order chi connectivity index (χ1) is 8.51. The zero-order chi connectivity index (χ0) is 13.7. The number of nitrogens with one attached hydrogen (secondary N) is 1. The van der Waals surface area contributed by atoms with Crippen molar-refractivity contribution >= 4 is 11.3 Å². The molecule has 0 aliphatic carbocycles. The van der Waals surface area contributed by atoms with Gasteiger partial charge in [0.15, 0.2) is 0 Å². The Balaban J connectivity index is 3.00. The summed E-state index contributed by atoms with van der Waals surface area (Å²) in [5, 5.41) is 4.50. The van der Waals surface area contributed by atoms with Gasteiger partial charge in [0.2, 0.25) is 0 Å². The van der Waals surface area contributed by atoms with Crippen LogP contribution in [0.4, 0.5) is 0 Å². The van der Waals surface area contributed by atoms with Crippen LogP contribution in [0.25, 0.3) is 0 Å². The molecule has 1 aromatic rings. The molecule has 4 heteroatoms. The molecule has 0 radical (unpaired) electrons. The van der Waals surface area contributed by atoms with Gasteiger partial charge in [0, 0.05) is 18.5 Å². The number of thiazole rings is 1. The van der Waals surface area contributed by atoms with Gasteiger partial charge in [-0.2, -0.15) is 0 Å². The lowest BCUT2D eigenvalue weighted by Crippen LogP contribution is -2.12. The number of rotatable bonds is 7. The fourth-order valence-electron chi connectivity index (χ4n) is 1.98. The quantitative estimate of drug-likeness (QED) is 0.820. The summed E-state index contributed by atoms with van der Waals surface area (Å²) in [4.78, 5) is 6.16. The molecule has 0 aliphatic heterocycles. The van der Waals surface area contributed by atoms with Crippen molar-refractivity contribution < 1.29 is 4.74 Å². The van der Waals surface area contributed by atoms with E-state index in [-0.39, 0.29) is 6.10 Å². The normalized spacial score (nSPS) is 13.6. The Labute approximate surface area is 115 Å². The van der Waals surface area contributed by atoms with Gasteiger partial charge in [-0.25, -0.2) is 4.98 Å². The van der Waals surface area contributed by atoms with E-state index in [1.54, 1.807) is 18.4 Å². The van der Waals surface area contributed by atoms with Crippen molar-refractivity contribution in [2.24, 2.45) is 5.92 Å². The van der Waals surface area contributed by atoms with Gasteiger partial charge in [-0.05, 0) is 18.4 Å². The summed E-state index contributed by atoms with van der Waals surface area (Å²) in [6, 6.07) is 0. The Morgan fingerprint density at radius 3 is 2.39 bits per heavy atom. The maximum Gasteiger partial charge on any atom is 0.122 e. The van der Waals surface area contributed by atoms with Gasteiger partial charge in [-0.15, -0.1) is 11.3 Å². The van der Waals surface area contributed by atoms with E-state index in [1.165, 1.54) is 10.6 Å². The minimum absolute atomic E-state index is 0.114. The molecule has 0 bridgehead atoms. The summed E-state index contributed by atoms with van der Waals surface area (Å²) in [7, 11) is 1.77. The van der Waals surface area contributed by atoms with E-state index in [4.69, 9.17) is 9.72 Å². The molecule has 1 N–H and O–H groups in total. The lowest BCUT2D eigenvalue weighted by atomic mass is 10.1. The molecule has 0 saturated heterocycles. The predicted molar refractivity (Wildman–Crippen MR) is 78.2 cm³/mol. The van der Waals surface area contributed by atoms with Crippen molar-refractivity contribution in [1.29, 1.82) is 0 Å². The number of ether oxygens (including phenoxy) is 1. The highest BCUT2D eigenvalue weighted by molar-refractivity contribution is 7.11. The number of hydrogen-bond donors (Lipinski definition) is 1. The predicted octanol–water partition coefficient (Wildman–Crippen LogP) is 3.72. The monoisotopic (exact) mass is 270 g/mol. The lowest BCUT2D eigenvalue weighted by molar-refractivity contribution is 0.0643. The molecule has 3 nitrogen and oxygen atoms in total. The molecule has 1 aromatic heterocycles. The van der Waals surface area contributed by atoms with Crippen LogP contribution in [0.5, 0.6) is 0 Å². The zero-order valence-electron chi connectivity index (χ0n) is 12.4. The van der Waals surface area contributed by atoms with E-state index in [0.717, 1.165) is 18.1 Å². The van der Waals surface area contributed by atoms with Gasteiger partial charge >= 0.3 is 0 Å². The van der Waals surface area contributed by atoms with Crippen molar-refractivity contribution in [3.8, 4) is 0 Å². The summed E-state index contributed by atoms with van der Waals surface area (Å²) in [5.74, 6) is 0.918. The van der Waals surface area contributed by atoms with E-state index in [9.17, 15) is 0 Å². The summed E-state index contributed by atoms with van der Waals surface area (Å²) in [6.07, 6.45) is 0.114. The Hall–Kier alpha value is -0.450. The molecule has 0 amide bonds. The van der Waals surface area contributed by atoms with Gasteiger partial charge in [-0.1, -0.05) is 34.6 Å². The summed E-state index contributed by atoms with van der Waals surface area (Å²) < 4.78 is 5.58. The van der Waals surface area contributed by atoms with E-state index in [2.05, 4.69) is 39.9 Å². The van der Waals surface area contributed by atoms with E-state index < -0.39 is 0 Å². The van der Waals surface area contributed by atoms with Crippen molar-refractivity contribution in [3.05, 3.63) is 15.6 Å². The van der Waals surface area contributed by atoms with Gasteiger partial charge < -0.3 is 10.1 Å². The largest absolute Gasteiger partial charge is 0.374 e. The fourth-order valence-corrected chi connectivity index (χ4v) is 3.42. The Morgan fingerprint density at radius 1 is 1.28 bits per heavy atom. The Kier molecular flexibility index (Phi) is 6.26. The second-order valence-electron chi connectivity index (χ2n) is 5.20. The van der Waals surface area contributed by atoms with Gasteiger partial charge in [0.1, 0.15) is 11.1 Å². The summed E-state index contributed by atoms with van der Waals surface area (Å²) >= 11 is 1.79. The second kappa shape index (κ2) is 7.22. The van der Waals surface area contributed by atoms with Crippen LogP contribution in [-0.4, -0.2) is 18.6 Å². The molecule has 0 fully saturated rings. The van der Waals surface area contributed by atoms with Crippen LogP contribution in [0, 0.1) is 5.92 Å². The van der Waals surface area contributed by atoms with Crippen LogP contribution in [0.3, 0.4) is 0 Å². The number of hydrogen-bond acceptors (Lipinski definition) is 4. The number of methoxy groups -OCH3 is 1. The molecule has 0 aromatic carbocycles. The molecule has 1 atom stereocenters. The minimum Gasteiger partial charge on any atom is -0.374 e. The Bertz CT molecular complexity index is 361. The molecular weight excluding hydrogens is 244 g/mol. The highest BCUT2D eigenvalue weighted by Crippen LogP contribution is 2.33. The van der Waals surface area contributed by atoms with Crippen LogP contribution in [-0.2, 0) is 11.3 Å². The maximum atomic E-state index is 5.58.